The summed E-state index contributed by atoms with van der Waals surface area (Å²) in [6, 6.07) is 13.9. The molecule has 1 amide bonds. The van der Waals surface area contributed by atoms with Gasteiger partial charge in [-0.15, -0.1) is 0 Å². The molecule has 0 aliphatic carbocycles. The third-order valence-electron chi connectivity index (χ3n) is 3.21. The van der Waals surface area contributed by atoms with E-state index in [4.69, 9.17) is 16.3 Å². The third-order valence-corrected chi connectivity index (χ3v) is 3.46. The van der Waals surface area contributed by atoms with E-state index in [0.29, 0.717) is 35.7 Å². The summed E-state index contributed by atoms with van der Waals surface area (Å²) < 4.78 is 5.53. The molecule has 0 aliphatic rings. The maximum atomic E-state index is 11.8. The van der Waals surface area contributed by atoms with Crippen molar-refractivity contribution < 1.29 is 14.3 Å². The molecule has 0 fully saturated rings. The number of hydrogen-bond acceptors (Lipinski definition) is 3. The summed E-state index contributed by atoms with van der Waals surface area (Å²) in [5.41, 5.74) is 1.30. The predicted octanol–water partition coefficient (Wildman–Crippen LogP) is 4.34. The van der Waals surface area contributed by atoms with Crippen molar-refractivity contribution in [2.24, 2.45) is 0 Å². The van der Waals surface area contributed by atoms with E-state index >= 15 is 0 Å². The van der Waals surface area contributed by atoms with Gasteiger partial charge in [0.25, 0.3) is 0 Å². The number of benzene rings is 2. The van der Waals surface area contributed by atoms with Crippen molar-refractivity contribution in [1.29, 1.82) is 0 Å². The lowest BCUT2D eigenvalue weighted by Crippen LogP contribution is -2.12. The average molecular weight is 332 g/mol. The average Bonchev–Trinajstić information content (AvgIpc) is 2.54. The van der Waals surface area contributed by atoms with Crippen molar-refractivity contribution >= 4 is 29.0 Å². The van der Waals surface area contributed by atoms with E-state index in [-0.39, 0.29) is 11.7 Å². The molecule has 0 bridgehead atoms. The Hall–Kier alpha value is -2.33. The highest BCUT2D eigenvalue weighted by molar-refractivity contribution is 6.30. The fourth-order valence-corrected chi connectivity index (χ4v) is 2.09. The van der Waals surface area contributed by atoms with E-state index in [2.05, 4.69) is 5.32 Å². The Kier molecular flexibility index (Phi) is 6.18. The molecule has 0 radical (unpaired) electrons. The van der Waals surface area contributed by atoms with Crippen LogP contribution in [0.15, 0.2) is 48.5 Å². The zero-order valence-corrected chi connectivity index (χ0v) is 13.6. The van der Waals surface area contributed by atoms with Gasteiger partial charge in [0.1, 0.15) is 5.75 Å². The Bertz CT molecular complexity index is 666. The van der Waals surface area contributed by atoms with Gasteiger partial charge in [-0.2, -0.15) is 0 Å². The Morgan fingerprint density at radius 2 is 1.70 bits per heavy atom. The SMILES string of the molecule is CC(=O)c1ccc(NC(=O)CCCOc2ccc(Cl)cc2)cc1. The van der Waals surface area contributed by atoms with E-state index < -0.39 is 0 Å². The van der Waals surface area contributed by atoms with Gasteiger partial charge in [-0.05, 0) is 61.9 Å². The van der Waals surface area contributed by atoms with Crippen molar-refractivity contribution in [3.8, 4) is 5.75 Å². The number of Topliss-reactive ketones (excluding diaryl/α,β-unsaturated/α-hetero) is 1. The summed E-state index contributed by atoms with van der Waals surface area (Å²) in [4.78, 5) is 23.0. The molecule has 5 heteroatoms. The van der Waals surface area contributed by atoms with Gasteiger partial charge in [0, 0.05) is 22.7 Å². The summed E-state index contributed by atoms with van der Waals surface area (Å²) in [5, 5.41) is 3.45. The molecule has 4 nitrogen and oxygen atoms in total. The molecule has 2 aromatic carbocycles. The van der Waals surface area contributed by atoms with Gasteiger partial charge in [0.05, 0.1) is 6.61 Å². The molecule has 0 aliphatic heterocycles. The van der Waals surface area contributed by atoms with E-state index in [1.54, 1.807) is 48.5 Å². The van der Waals surface area contributed by atoms with Crippen LogP contribution in [-0.4, -0.2) is 18.3 Å². The predicted molar refractivity (Wildman–Crippen MR) is 91.3 cm³/mol. The number of halogens is 1. The van der Waals surface area contributed by atoms with Crippen LogP contribution in [0.1, 0.15) is 30.1 Å². The fourth-order valence-electron chi connectivity index (χ4n) is 1.97. The first-order chi connectivity index (χ1) is 11.0. The third kappa shape index (κ3) is 5.75. The first-order valence-electron chi connectivity index (χ1n) is 7.34. The molecule has 2 rings (SSSR count). The van der Waals surface area contributed by atoms with Crippen molar-refractivity contribution in [2.45, 2.75) is 19.8 Å². The van der Waals surface area contributed by atoms with Crippen LogP contribution in [0.4, 0.5) is 5.69 Å². The van der Waals surface area contributed by atoms with Crippen molar-refractivity contribution in [1.82, 2.24) is 0 Å². The molecular weight excluding hydrogens is 314 g/mol. The van der Waals surface area contributed by atoms with Gasteiger partial charge in [-0.3, -0.25) is 9.59 Å². The molecule has 23 heavy (non-hydrogen) atoms. The highest BCUT2D eigenvalue weighted by Crippen LogP contribution is 2.16. The zero-order valence-electron chi connectivity index (χ0n) is 12.8. The number of nitrogens with one attached hydrogen (secondary N) is 1. The summed E-state index contributed by atoms with van der Waals surface area (Å²) in [7, 11) is 0. The lowest BCUT2D eigenvalue weighted by atomic mass is 10.1. The Labute approximate surface area is 140 Å². The monoisotopic (exact) mass is 331 g/mol. The molecule has 0 aromatic heterocycles. The van der Waals surface area contributed by atoms with Crippen LogP contribution in [-0.2, 0) is 4.79 Å². The molecule has 2 aromatic rings. The van der Waals surface area contributed by atoms with Gasteiger partial charge < -0.3 is 10.1 Å². The summed E-state index contributed by atoms with van der Waals surface area (Å²) in [6.07, 6.45) is 0.974. The molecule has 0 atom stereocenters. The molecule has 0 heterocycles. The van der Waals surface area contributed by atoms with E-state index in [1.807, 2.05) is 0 Å². The van der Waals surface area contributed by atoms with E-state index in [9.17, 15) is 9.59 Å². The zero-order chi connectivity index (χ0) is 16.7. The second kappa shape index (κ2) is 8.34. The van der Waals surface area contributed by atoms with E-state index in [0.717, 1.165) is 5.75 Å². The lowest BCUT2D eigenvalue weighted by Gasteiger charge is -2.07. The van der Waals surface area contributed by atoms with Crippen molar-refractivity contribution in [2.75, 3.05) is 11.9 Å². The Morgan fingerprint density at radius 1 is 1.04 bits per heavy atom. The van der Waals surface area contributed by atoms with Gasteiger partial charge in [0.2, 0.25) is 5.91 Å². The number of ether oxygens (including phenoxy) is 1. The second-order valence-electron chi connectivity index (χ2n) is 5.09. The van der Waals surface area contributed by atoms with Crippen LogP contribution in [0.2, 0.25) is 5.02 Å². The summed E-state index contributed by atoms with van der Waals surface area (Å²) in [5.74, 6) is 0.650. The van der Waals surface area contributed by atoms with Crippen LogP contribution < -0.4 is 10.1 Å². The summed E-state index contributed by atoms with van der Waals surface area (Å²) in [6.45, 7) is 1.96. The standard InChI is InChI=1S/C18H18ClNO3/c1-13(21)14-4-8-16(9-5-14)20-18(22)3-2-12-23-17-10-6-15(19)7-11-17/h4-11H,2-3,12H2,1H3,(H,20,22). The van der Waals surface area contributed by atoms with Crippen LogP contribution in [0, 0.1) is 0 Å². The lowest BCUT2D eigenvalue weighted by molar-refractivity contribution is -0.116. The highest BCUT2D eigenvalue weighted by Gasteiger charge is 2.04. The van der Waals surface area contributed by atoms with Crippen LogP contribution in [0.5, 0.6) is 5.75 Å². The van der Waals surface area contributed by atoms with Crippen LogP contribution in [0.25, 0.3) is 0 Å². The normalized spacial score (nSPS) is 10.2. The van der Waals surface area contributed by atoms with Gasteiger partial charge in [0.15, 0.2) is 5.78 Å². The van der Waals surface area contributed by atoms with Crippen LogP contribution >= 0.6 is 11.6 Å². The van der Waals surface area contributed by atoms with Crippen molar-refractivity contribution in [3.63, 3.8) is 0 Å². The van der Waals surface area contributed by atoms with Gasteiger partial charge in [-0.25, -0.2) is 0 Å². The molecule has 0 spiro atoms. The minimum atomic E-state index is -0.0831. The first kappa shape index (κ1) is 17.0. The van der Waals surface area contributed by atoms with Gasteiger partial charge in [-0.1, -0.05) is 11.6 Å². The smallest absolute Gasteiger partial charge is 0.224 e. The molecule has 0 saturated carbocycles. The van der Waals surface area contributed by atoms with E-state index in [1.165, 1.54) is 6.92 Å². The van der Waals surface area contributed by atoms with Crippen LogP contribution in [0.3, 0.4) is 0 Å². The number of rotatable bonds is 7. The number of amides is 1. The number of ketones is 1. The maximum Gasteiger partial charge on any atom is 0.224 e. The Balaban J connectivity index is 1.70. The quantitative estimate of drug-likeness (QED) is 0.606. The number of carbonyl (C=O) groups excluding carboxylic acids is 2. The Morgan fingerprint density at radius 3 is 2.30 bits per heavy atom. The molecule has 1 N–H and O–H groups in total. The van der Waals surface area contributed by atoms with Crippen molar-refractivity contribution in [3.05, 3.63) is 59.1 Å². The minimum Gasteiger partial charge on any atom is -0.494 e. The molecule has 120 valence electrons. The topological polar surface area (TPSA) is 55.4 Å². The number of hydrogen-bond donors (Lipinski definition) is 1. The highest BCUT2D eigenvalue weighted by atomic mass is 35.5. The second-order valence-corrected chi connectivity index (χ2v) is 5.52. The number of carbonyl (C=O) groups is 2. The first-order valence-corrected chi connectivity index (χ1v) is 7.71. The summed E-state index contributed by atoms with van der Waals surface area (Å²) >= 11 is 5.79. The molecular formula is C18H18ClNO3. The molecule has 0 unspecified atom stereocenters. The largest absolute Gasteiger partial charge is 0.494 e. The maximum absolute atomic E-state index is 11.8. The number of anilines is 1. The minimum absolute atomic E-state index is 0.00206. The molecule has 0 saturated heterocycles. The van der Waals surface area contributed by atoms with Gasteiger partial charge >= 0.3 is 0 Å². The fraction of sp³-hybridized carbons (Fsp3) is 0.222.